The van der Waals surface area contributed by atoms with Crippen molar-refractivity contribution in [1.29, 1.82) is 0 Å². The van der Waals surface area contributed by atoms with Crippen LogP contribution < -0.4 is 14.8 Å². The van der Waals surface area contributed by atoms with Crippen LogP contribution in [0.15, 0.2) is 54.6 Å². The van der Waals surface area contributed by atoms with Crippen molar-refractivity contribution >= 4 is 22.8 Å². The zero-order valence-electron chi connectivity index (χ0n) is 29.7. The van der Waals surface area contributed by atoms with Crippen LogP contribution in [0.1, 0.15) is 140 Å². The fourth-order valence-corrected chi connectivity index (χ4v) is 12.1. The molecular weight excluding hydrogens is 697 g/mol. The molecule has 0 amide bonds. The van der Waals surface area contributed by atoms with E-state index in [2.05, 4.69) is 99.6 Å². The van der Waals surface area contributed by atoms with E-state index >= 15 is 0 Å². The molecular formula is C41H59ClO2PPd+. The number of halogens is 1. The molecule has 2 fully saturated rings. The third kappa shape index (κ3) is 10.1. The average Bonchev–Trinajstić information content (AvgIpc) is 3.10. The van der Waals surface area contributed by atoms with Crippen LogP contribution in [0.2, 0.25) is 0 Å². The minimum atomic E-state index is -0.889. The molecule has 2 nitrogen and oxygen atoms in total. The maximum absolute atomic E-state index is 6.30. The Balaban J connectivity index is 0.000000636. The second kappa shape index (κ2) is 20.2. The standard InChI is InChI=1S/C35H53O2P.C6H5.ClH.Pd/c1-23(2)26-21-29(24(3)4)33(30(22-26)25(5)6)34-31(36-7)19-20-32(37-8)35(34)38(27-15-11-9-12-16-27)28-17-13-10-14-18-28;1-2-4-6-5-3-1;;/h19-25,27-28H,9-18H2,1-8H3;1-5H;1H;/q;-1;;+2. The van der Waals surface area contributed by atoms with Crippen LogP contribution in [-0.2, 0) is 18.2 Å². The molecule has 46 heavy (non-hydrogen) atoms. The minimum absolute atomic E-state index is 0.435. The van der Waals surface area contributed by atoms with E-state index in [9.17, 15) is 0 Å². The predicted octanol–water partition coefficient (Wildman–Crippen LogP) is 12.4. The van der Waals surface area contributed by atoms with Crippen LogP contribution in [-0.4, -0.2) is 25.5 Å². The van der Waals surface area contributed by atoms with Crippen LogP contribution in [0.3, 0.4) is 0 Å². The van der Waals surface area contributed by atoms with E-state index in [0.29, 0.717) is 17.8 Å². The zero-order valence-corrected chi connectivity index (χ0v) is 33.0. The van der Waals surface area contributed by atoms with E-state index in [1.807, 2.05) is 44.6 Å². The Morgan fingerprint density at radius 2 is 1.11 bits per heavy atom. The van der Waals surface area contributed by atoms with Crippen LogP contribution in [0.25, 0.3) is 11.1 Å². The molecule has 3 aromatic rings. The molecule has 5 heteroatoms. The summed E-state index contributed by atoms with van der Waals surface area (Å²) in [5.41, 5.74) is 8.88. The Morgan fingerprint density at radius 3 is 1.46 bits per heavy atom. The number of hydrogen-bond acceptors (Lipinski definition) is 2. The Morgan fingerprint density at radius 1 is 0.652 bits per heavy atom. The average molecular weight is 757 g/mol. The summed E-state index contributed by atoms with van der Waals surface area (Å²) in [7, 11) is 7.36. The fraction of sp³-hybridized carbons (Fsp3) is 0.561. The molecule has 2 saturated carbocycles. The van der Waals surface area contributed by atoms with Gasteiger partial charge in [0.2, 0.25) is 0 Å². The molecule has 2 aliphatic carbocycles. The third-order valence-corrected chi connectivity index (χ3v) is 13.9. The van der Waals surface area contributed by atoms with E-state index in [1.165, 1.54) is 92.0 Å². The summed E-state index contributed by atoms with van der Waals surface area (Å²) < 4.78 is 12.6. The van der Waals surface area contributed by atoms with Gasteiger partial charge in [-0.15, -0.1) is 0 Å². The van der Waals surface area contributed by atoms with Gasteiger partial charge in [0.15, 0.2) is 5.75 Å². The predicted molar refractivity (Wildman–Crippen MR) is 200 cm³/mol. The number of hydrogen-bond donors (Lipinski definition) is 0. The molecule has 0 aromatic heterocycles. The van der Waals surface area contributed by atoms with Crippen molar-refractivity contribution in [3.05, 3.63) is 77.4 Å². The molecule has 5 rings (SSSR count). The van der Waals surface area contributed by atoms with Crippen molar-refractivity contribution in [1.82, 2.24) is 0 Å². The Kier molecular flexibility index (Phi) is 17.2. The quantitative estimate of drug-likeness (QED) is 0.123. The summed E-state index contributed by atoms with van der Waals surface area (Å²) in [6.07, 6.45) is 14.0. The molecule has 256 valence electrons. The van der Waals surface area contributed by atoms with Crippen LogP contribution in [0.4, 0.5) is 0 Å². The van der Waals surface area contributed by atoms with Gasteiger partial charge in [0.1, 0.15) is 11.1 Å². The molecule has 0 N–H and O–H groups in total. The largest absolute Gasteiger partial charge is 0.184 e. The molecule has 0 unspecified atom stereocenters. The fourth-order valence-electron chi connectivity index (χ4n) is 7.59. The smallest absolute Gasteiger partial charge is 0.171 e. The van der Waals surface area contributed by atoms with Crippen molar-refractivity contribution in [2.24, 2.45) is 0 Å². The van der Waals surface area contributed by atoms with Crippen molar-refractivity contribution < 1.29 is 27.7 Å². The second-order valence-electron chi connectivity index (χ2n) is 14.0. The summed E-state index contributed by atoms with van der Waals surface area (Å²) in [5.74, 6) is 3.53. The molecule has 3 aromatic carbocycles. The van der Waals surface area contributed by atoms with Crippen LogP contribution in [0.5, 0.6) is 11.5 Å². The first-order valence-corrected chi connectivity index (χ1v) is 21.3. The second-order valence-corrected chi connectivity index (χ2v) is 17.0. The summed E-state index contributed by atoms with van der Waals surface area (Å²) >= 11 is 2.22. The van der Waals surface area contributed by atoms with Gasteiger partial charge >= 0.3 is 27.7 Å². The summed E-state index contributed by atoms with van der Waals surface area (Å²) in [4.78, 5) is 0. The molecule has 0 saturated heterocycles. The van der Waals surface area contributed by atoms with Gasteiger partial charge in [-0.3, -0.25) is 0 Å². The number of rotatable bonds is 9. The van der Waals surface area contributed by atoms with E-state index in [-0.39, 0.29) is 0 Å². The van der Waals surface area contributed by atoms with Crippen molar-refractivity contribution in [2.75, 3.05) is 14.2 Å². The van der Waals surface area contributed by atoms with Crippen molar-refractivity contribution in [3.63, 3.8) is 0 Å². The molecule has 0 aliphatic heterocycles. The molecule has 0 atom stereocenters. The van der Waals surface area contributed by atoms with Gasteiger partial charge < -0.3 is 9.47 Å². The normalized spacial score (nSPS) is 15.8. The van der Waals surface area contributed by atoms with Gasteiger partial charge in [-0.05, 0) is 104 Å². The molecule has 0 spiro atoms. The number of methoxy groups -OCH3 is 2. The van der Waals surface area contributed by atoms with E-state index in [1.54, 1.807) is 5.30 Å². The Labute approximate surface area is 297 Å². The SMILES string of the molecule is COc1ccc(OC)c([PH+](C2CCCCC2)C2CCCCC2)c1-c1c(C(C)C)cc(C(C)C)cc1C(C)C.[Cl][Pd+].[c-]1ccccc1. The topological polar surface area (TPSA) is 18.5 Å². The zero-order chi connectivity index (χ0) is 33.6. The number of ether oxygens (including phenoxy) is 2. The Hall–Kier alpha value is -1.36. The summed E-state index contributed by atoms with van der Waals surface area (Å²) in [6.45, 7) is 14.1. The van der Waals surface area contributed by atoms with Gasteiger partial charge in [0.25, 0.3) is 0 Å². The van der Waals surface area contributed by atoms with Crippen LogP contribution in [0, 0.1) is 6.07 Å². The van der Waals surface area contributed by atoms with E-state index in [4.69, 9.17) is 9.47 Å². The first-order valence-electron chi connectivity index (χ1n) is 17.6. The number of benzene rings is 3. The van der Waals surface area contributed by atoms with Gasteiger partial charge in [-0.25, -0.2) is 0 Å². The third-order valence-electron chi connectivity index (χ3n) is 9.94. The van der Waals surface area contributed by atoms with E-state index < -0.39 is 7.92 Å². The van der Waals surface area contributed by atoms with Gasteiger partial charge in [-0.1, -0.05) is 66.5 Å². The molecule has 2 aliphatic rings. The maximum Gasteiger partial charge on any atom is -0.171 e. The first-order chi connectivity index (χ1) is 22.3. The Bertz CT molecular complexity index is 1220. The summed E-state index contributed by atoms with van der Waals surface area (Å²) in [6, 6.07) is 21.9. The van der Waals surface area contributed by atoms with Gasteiger partial charge in [-0.2, -0.15) is 36.4 Å². The minimum Gasteiger partial charge on any atom is -0.184 e. The van der Waals surface area contributed by atoms with Crippen LogP contribution >= 0.6 is 17.5 Å². The van der Waals surface area contributed by atoms with E-state index in [0.717, 1.165) is 22.8 Å². The summed E-state index contributed by atoms with van der Waals surface area (Å²) in [5, 5.41) is 1.55. The molecule has 0 bridgehead atoms. The van der Waals surface area contributed by atoms with Gasteiger partial charge in [0, 0.05) is 7.92 Å². The first kappa shape index (κ1) is 39.1. The molecule has 0 heterocycles. The molecule has 0 radical (unpaired) electrons. The maximum atomic E-state index is 6.30. The van der Waals surface area contributed by atoms with Crippen molar-refractivity contribution in [2.45, 2.75) is 135 Å². The monoisotopic (exact) mass is 755 g/mol. The van der Waals surface area contributed by atoms with Gasteiger partial charge in [0.05, 0.1) is 31.1 Å². The van der Waals surface area contributed by atoms with Crippen molar-refractivity contribution in [3.8, 4) is 22.6 Å².